The van der Waals surface area contributed by atoms with Gasteiger partial charge < -0.3 is 20.6 Å². The monoisotopic (exact) mass is 275 g/mol. The summed E-state index contributed by atoms with van der Waals surface area (Å²) in [4.78, 5) is 27.6. The number of phenolic OH excluding ortho intramolecular Hbond substituents is 1. The van der Waals surface area contributed by atoms with Gasteiger partial charge in [-0.3, -0.25) is 9.59 Å². The Hall–Kier alpha value is -2.24. The molecule has 2 aliphatic heterocycles. The van der Waals surface area contributed by atoms with Gasteiger partial charge in [-0.2, -0.15) is 0 Å². The second-order valence-corrected chi connectivity index (χ2v) is 5.27. The molecule has 1 atom stereocenters. The van der Waals surface area contributed by atoms with Crippen LogP contribution in [0.1, 0.15) is 23.2 Å². The standard InChI is InChI=1S/C14H17N3O3/c15-11-3-1-2-10(13(11)19)14(20)16-6-7-17-9(8-16)4-5-12(17)18/h1-3,9,19H,4-8,15H2. The first-order valence-corrected chi connectivity index (χ1v) is 6.74. The number of nitrogen functional groups attached to an aromatic ring is 1. The average molecular weight is 275 g/mol. The molecule has 0 radical (unpaired) electrons. The maximum Gasteiger partial charge on any atom is 0.257 e. The number of aromatic hydroxyl groups is 1. The number of nitrogens with two attached hydrogens (primary N) is 1. The van der Waals surface area contributed by atoms with Gasteiger partial charge in [0, 0.05) is 32.1 Å². The number of fused-ring (bicyclic) bond motifs is 1. The summed E-state index contributed by atoms with van der Waals surface area (Å²) in [6.07, 6.45) is 1.36. The topological polar surface area (TPSA) is 86.9 Å². The number of phenols is 1. The molecule has 20 heavy (non-hydrogen) atoms. The molecule has 3 rings (SSSR count). The summed E-state index contributed by atoms with van der Waals surface area (Å²) >= 11 is 0. The number of rotatable bonds is 1. The van der Waals surface area contributed by atoms with E-state index in [9.17, 15) is 14.7 Å². The molecular weight excluding hydrogens is 258 g/mol. The molecule has 3 N–H and O–H groups in total. The van der Waals surface area contributed by atoms with Crippen LogP contribution in [0.4, 0.5) is 5.69 Å². The van der Waals surface area contributed by atoms with Gasteiger partial charge >= 0.3 is 0 Å². The van der Waals surface area contributed by atoms with Crippen molar-refractivity contribution in [1.82, 2.24) is 9.80 Å². The first-order chi connectivity index (χ1) is 9.58. The molecule has 106 valence electrons. The largest absolute Gasteiger partial charge is 0.505 e. The lowest BCUT2D eigenvalue weighted by molar-refractivity contribution is -0.130. The molecule has 0 bridgehead atoms. The van der Waals surface area contributed by atoms with Crippen molar-refractivity contribution in [3.63, 3.8) is 0 Å². The van der Waals surface area contributed by atoms with Crippen LogP contribution in [0.25, 0.3) is 0 Å². The van der Waals surface area contributed by atoms with E-state index in [2.05, 4.69) is 0 Å². The molecule has 0 aromatic heterocycles. The molecule has 0 saturated carbocycles. The average Bonchev–Trinajstić information content (AvgIpc) is 2.82. The number of hydrogen-bond acceptors (Lipinski definition) is 4. The summed E-state index contributed by atoms with van der Waals surface area (Å²) in [5.41, 5.74) is 6.04. The van der Waals surface area contributed by atoms with E-state index in [0.717, 1.165) is 6.42 Å². The summed E-state index contributed by atoms with van der Waals surface area (Å²) in [5.74, 6) is -0.217. The molecule has 1 unspecified atom stereocenters. The van der Waals surface area contributed by atoms with E-state index in [-0.39, 0.29) is 34.9 Å². The maximum absolute atomic E-state index is 12.4. The van der Waals surface area contributed by atoms with Crippen molar-refractivity contribution in [1.29, 1.82) is 0 Å². The molecular formula is C14H17N3O3. The number of carbonyl (C=O) groups is 2. The smallest absolute Gasteiger partial charge is 0.257 e. The summed E-state index contributed by atoms with van der Waals surface area (Å²) < 4.78 is 0. The van der Waals surface area contributed by atoms with E-state index in [1.807, 2.05) is 4.90 Å². The van der Waals surface area contributed by atoms with Crippen molar-refractivity contribution in [3.05, 3.63) is 23.8 Å². The van der Waals surface area contributed by atoms with Crippen molar-refractivity contribution in [2.75, 3.05) is 25.4 Å². The highest BCUT2D eigenvalue weighted by molar-refractivity contribution is 5.98. The van der Waals surface area contributed by atoms with Gasteiger partial charge in [-0.1, -0.05) is 6.07 Å². The van der Waals surface area contributed by atoms with Gasteiger partial charge in [-0.05, 0) is 18.6 Å². The van der Waals surface area contributed by atoms with E-state index >= 15 is 0 Å². The Labute approximate surface area is 116 Å². The van der Waals surface area contributed by atoms with Gasteiger partial charge in [0.1, 0.15) is 0 Å². The Kier molecular flexibility index (Phi) is 3.00. The fourth-order valence-electron chi connectivity index (χ4n) is 2.95. The Balaban J connectivity index is 1.79. The van der Waals surface area contributed by atoms with Crippen molar-refractivity contribution >= 4 is 17.5 Å². The van der Waals surface area contributed by atoms with Crippen LogP contribution >= 0.6 is 0 Å². The molecule has 2 amide bonds. The first kappa shape index (κ1) is 12.8. The molecule has 2 aliphatic rings. The molecule has 0 spiro atoms. The minimum atomic E-state index is -0.228. The third-order valence-corrected chi connectivity index (χ3v) is 4.08. The van der Waals surface area contributed by atoms with Crippen LogP contribution < -0.4 is 5.73 Å². The van der Waals surface area contributed by atoms with E-state index < -0.39 is 0 Å². The number of carbonyl (C=O) groups excluding carboxylic acids is 2. The van der Waals surface area contributed by atoms with Gasteiger partial charge in [-0.15, -0.1) is 0 Å². The molecule has 1 aromatic rings. The van der Waals surface area contributed by atoms with Crippen molar-refractivity contribution in [2.24, 2.45) is 0 Å². The van der Waals surface area contributed by atoms with Crippen LogP contribution in [0.3, 0.4) is 0 Å². The van der Waals surface area contributed by atoms with Crippen molar-refractivity contribution < 1.29 is 14.7 Å². The van der Waals surface area contributed by atoms with Crippen molar-refractivity contribution in [2.45, 2.75) is 18.9 Å². The lowest BCUT2D eigenvalue weighted by Gasteiger charge is -2.37. The number of para-hydroxylation sites is 1. The zero-order chi connectivity index (χ0) is 14.3. The molecule has 2 saturated heterocycles. The zero-order valence-electron chi connectivity index (χ0n) is 11.1. The fraction of sp³-hybridized carbons (Fsp3) is 0.429. The minimum absolute atomic E-state index is 0.114. The summed E-state index contributed by atoms with van der Waals surface area (Å²) in [7, 11) is 0. The summed E-state index contributed by atoms with van der Waals surface area (Å²) in [6, 6.07) is 4.89. The SMILES string of the molecule is Nc1cccc(C(=O)N2CCN3C(=O)CCC3C2)c1O. The van der Waals surface area contributed by atoms with Crippen molar-refractivity contribution in [3.8, 4) is 5.75 Å². The highest BCUT2D eigenvalue weighted by Crippen LogP contribution is 2.28. The van der Waals surface area contributed by atoms with Gasteiger partial charge in [0.2, 0.25) is 5.91 Å². The minimum Gasteiger partial charge on any atom is -0.505 e. The van der Waals surface area contributed by atoms with E-state index in [0.29, 0.717) is 26.1 Å². The molecule has 6 heteroatoms. The predicted molar refractivity (Wildman–Crippen MR) is 73.2 cm³/mol. The Bertz CT molecular complexity index is 573. The number of piperazine rings is 1. The quantitative estimate of drug-likeness (QED) is 0.574. The van der Waals surface area contributed by atoms with Gasteiger partial charge in [0.05, 0.1) is 11.3 Å². The van der Waals surface area contributed by atoms with Crippen LogP contribution in [-0.4, -0.2) is 52.4 Å². The lowest BCUT2D eigenvalue weighted by atomic mass is 10.1. The number of hydrogen-bond donors (Lipinski definition) is 2. The second kappa shape index (κ2) is 4.70. The number of anilines is 1. The normalized spacial score (nSPS) is 22.0. The van der Waals surface area contributed by atoms with E-state index in [4.69, 9.17) is 5.73 Å². The van der Waals surface area contributed by atoms with Crippen LogP contribution in [-0.2, 0) is 4.79 Å². The Morgan fingerprint density at radius 2 is 2.15 bits per heavy atom. The first-order valence-electron chi connectivity index (χ1n) is 6.74. The van der Waals surface area contributed by atoms with Crippen LogP contribution in [0.15, 0.2) is 18.2 Å². The third kappa shape index (κ3) is 1.97. The maximum atomic E-state index is 12.4. The fourth-order valence-corrected chi connectivity index (χ4v) is 2.95. The second-order valence-electron chi connectivity index (χ2n) is 5.27. The molecule has 2 heterocycles. The summed E-state index contributed by atoms with van der Waals surface area (Å²) in [6.45, 7) is 1.59. The highest BCUT2D eigenvalue weighted by atomic mass is 16.3. The third-order valence-electron chi connectivity index (χ3n) is 4.08. The molecule has 0 aliphatic carbocycles. The van der Waals surface area contributed by atoms with E-state index in [1.165, 1.54) is 0 Å². The Morgan fingerprint density at radius 1 is 1.35 bits per heavy atom. The van der Waals surface area contributed by atoms with Gasteiger partial charge in [-0.25, -0.2) is 0 Å². The molecule has 1 aromatic carbocycles. The lowest BCUT2D eigenvalue weighted by Crippen LogP contribution is -2.53. The Morgan fingerprint density at radius 3 is 2.95 bits per heavy atom. The van der Waals surface area contributed by atoms with Crippen LogP contribution in [0.2, 0.25) is 0 Å². The molecule has 2 fully saturated rings. The predicted octanol–water partition coefficient (Wildman–Crippen LogP) is 0.421. The highest BCUT2D eigenvalue weighted by Gasteiger charge is 2.37. The zero-order valence-corrected chi connectivity index (χ0v) is 11.1. The van der Waals surface area contributed by atoms with Gasteiger partial charge in [0.15, 0.2) is 5.75 Å². The number of nitrogens with zero attached hydrogens (tertiary/aromatic N) is 2. The van der Waals surface area contributed by atoms with Gasteiger partial charge in [0.25, 0.3) is 5.91 Å². The van der Waals surface area contributed by atoms with E-state index in [1.54, 1.807) is 23.1 Å². The summed E-state index contributed by atoms with van der Waals surface area (Å²) in [5, 5.41) is 9.89. The molecule has 6 nitrogen and oxygen atoms in total. The van der Waals surface area contributed by atoms with Crippen LogP contribution in [0, 0.1) is 0 Å². The number of amides is 2. The number of benzene rings is 1. The van der Waals surface area contributed by atoms with Crippen LogP contribution in [0.5, 0.6) is 5.75 Å².